The van der Waals surface area contributed by atoms with Crippen LogP contribution in [-0.4, -0.2) is 58.5 Å². The van der Waals surface area contributed by atoms with Crippen LogP contribution in [0.15, 0.2) is 65.6 Å². The zero-order valence-electron chi connectivity index (χ0n) is 25.1. The van der Waals surface area contributed by atoms with Crippen LogP contribution in [0, 0.1) is 5.92 Å². The number of rotatable bonds is 14. The van der Waals surface area contributed by atoms with Crippen molar-refractivity contribution >= 4 is 62.3 Å². The number of hydrogen-bond donors (Lipinski definition) is 1. The van der Waals surface area contributed by atoms with Gasteiger partial charge in [-0.15, -0.1) is 0 Å². The number of nitrogens with one attached hydrogen (secondary N) is 1. The molecule has 9 nitrogen and oxygen atoms in total. The highest BCUT2D eigenvalue weighted by atomic mass is 35.5. The number of anilines is 1. The van der Waals surface area contributed by atoms with Crippen LogP contribution in [0.3, 0.4) is 0 Å². The van der Waals surface area contributed by atoms with Gasteiger partial charge >= 0.3 is 0 Å². The van der Waals surface area contributed by atoms with Crippen molar-refractivity contribution in [3.05, 3.63) is 81.3 Å². The highest BCUT2D eigenvalue weighted by Crippen LogP contribution is 2.33. The van der Waals surface area contributed by atoms with Gasteiger partial charge in [-0.3, -0.25) is 13.9 Å². The van der Waals surface area contributed by atoms with E-state index in [1.807, 2.05) is 13.8 Å². The van der Waals surface area contributed by atoms with E-state index < -0.39 is 28.5 Å². The summed E-state index contributed by atoms with van der Waals surface area (Å²) >= 11 is 18.5. The van der Waals surface area contributed by atoms with Gasteiger partial charge in [-0.25, -0.2) is 8.42 Å². The molecule has 3 aromatic rings. The van der Waals surface area contributed by atoms with Gasteiger partial charge in [-0.05, 0) is 66.4 Å². The molecule has 3 aromatic carbocycles. The Morgan fingerprint density at radius 2 is 1.55 bits per heavy atom. The maximum Gasteiger partial charge on any atom is 0.264 e. The molecule has 3 rings (SSSR count). The highest BCUT2D eigenvalue weighted by molar-refractivity contribution is 7.92. The number of amides is 2. The van der Waals surface area contributed by atoms with Crippen molar-refractivity contribution in [2.75, 3.05) is 31.6 Å². The number of methoxy groups -OCH3 is 2. The topological polar surface area (TPSA) is 105 Å². The van der Waals surface area contributed by atoms with Gasteiger partial charge < -0.3 is 19.7 Å². The molecule has 1 atom stereocenters. The van der Waals surface area contributed by atoms with E-state index in [4.69, 9.17) is 44.3 Å². The van der Waals surface area contributed by atoms with Gasteiger partial charge in [0.2, 0.25) is 11.8 Å². The minimum absolute atomic E-state index is 0.0197. The van der Waals surface area contributed by atoms with E-state index >= 15 is 0 Å². The van der Waals surface area contributed by atoms with Crippen LogP contribution in [0.5, 0.6) is 11.5 Å². The smallest absolute Gasteiger partial charge is 0.264 e. The van der Waals surface area contributed by atoms with Crippen molar-refractivity contribution in [2.45, 2.75) is 44.7 Å². The Bertz CT molecular complexity index is 1570. The number of sulfonamides is 1. The lowest BCUT2D eigenvalue weighted by Gasteiger charge is -2.33. The van der Waals surface area contributed by atoms with Crippen LogP contribution >= 0.6 is 34.8 Å². The second-order valence-electron chi connectivity index (χ2n) is 10.3. The van der Waals surface area contributed by atoms with E-state index in [1.165, 1.54) is 61.6 Å². The molecule has 0 saturated carbocycles. The lowest BCUT2D eigenvalue weighted by Crippen LogP contribution is -2.52. The standard InChI is InChI=1S/C31H36Cl3N3O6S/c1-6-27(31(39)35-17-20(2)3)36(18-21-7-13-25(33)26(34)15-21)30(38)19-37(23-10-8-22(32)9-11-23)44(40,41)24-12-14-28(42-4)29(16-24)43-5/h7-16,20,27H,6,17-19H2,1-5H3,(H,35,39)/t27-/m0/s1. The minimum Gasteiger partial charge on any atom is -0.493 e. The van der Waals surface area contributed by atoms with Crippen molar-refractivity contribution < 1.29 is 27.5 Å². The molecule has 0 aliphatic heterocycles. The van der Waals surface area contributed by atoms with Gasteiger partial charge in [0.15, 0.2) is 11.5 Å². The molecule has 0 aliphatic rings. The maximum atomic E-state index is 14.2. The molecule has 0 radical (unpaired) electrons. The van der Waals surface area contributed by atoms with Gasteiger partial charge in [-0.2, -0.15) is 0 Å². The summed E-state index contributed by atoms with van der Waals surface area (Å²) in [5.41, 5.74) is 0.813. The van der Waals surface area contributed by atoms with E-state index in [1.54, 1.807) is 25.1 Å². The number of carbonyl (C=O) groups is 2. The number of halogens is 3. The third kappa shape index (κ3) is 8.72. The first-order valence-corrected chi connectivity index (χ1v) is 16.4. The maximum absolute atomic E-state index is 14.2. The molecule has 0 fully saturated rings. The molecule has 2 amide bonds. The zero-order chi connectivity index (χ0) is 32.6. The summed E-state index contributed by atoms with van der Waals surface area (Å²) in [4.78, 5) is 28.8. The summed E-state index contributed by atoms with van der Waals surface area (Å²) < 4.78 is 39.9. The normalized spacial score (nSPS) is 12.0. The number of nitrogens with zero attached hydrogens (tertiary/aromatic N) is 2. The second kappa shape index (κ2) is 15.7. The molecule has 13 heteroatoms. The molecular formula is C31H36Cl3N3O6S. The molecule has 0 aliphatic carbocycles. The average molecular weight is 685 g/mol. The van der Waals surface area contributed by atoms with Gasteiger partial charge in [0.25, 0.3) is 10.0 Å². The zero-order valence-corrected chi connectivity index (χ0v) is 28.2. The Morgan fingerprint density at radius 1 is 0.886 bits per heavy atom. The summed E-state index contributed by atoms with van der Waals surface area (Å²) in [5.74, 6) is -0.239. The summed E-state index contributed by atoms with van der Waals surface area (Å²) in [6.07, 6.45) is 0.278. The predicted molar refractivity (Wildman–Crippen MR) is 174 cm³/mol. The number of carbonyl (C=O) groups excluding carboxylic acids is 2. The number of hydrogen-bond acceptors (Lipinski definition) is 6. The summed E-state index contributed by atoms with van der Waals surface area (Å²) in [7, 11) is -1.51. The largest absolute Gasteiger partial charge is 0.493 e. The molecule has 238 valence electrons. The van der Waals surface area contributed by atoms with E-state index in [0.717, 1.165) is 4.31 Å². The number of benzene rings is 3. The molecule has 1 N–H and O–H groups in total. The molecule has 0 spiro atoms. The highest BCUT2D eigenvalue weighted by Gasteiger charge is 2.34. The fourth-order valence-corrected chi connectivity index (χ4v) is 6.29. The first-order valence-electron chi connectivity index (χ1n) is 13.8. The lowest BCUT2D eigenvalue weighted by molar-refractivity contribution is -0.140. The van der Waals surface area contributed by atoms with Crippen molar-refractivity contribution in [1.29, 1.82) is 0 Å². The van der Waals surface area contributed by atoms with Gasteiger partial charge in [0.05, 0.1) is 34.8 Å². The molecule has 0 heterocycles. The number of ether oxygens (including phenoxy) is 2. The van der Waals surface area contributed by atoms with E-state index in [0.29, 0.717) is 27.9 Å². The second-order valence-corrected chi connectivity index (χ2v) is 13.5. The lowest BCUT2D eigenvalue weighted by atomic mass is 10.1. The first-order chi connectivity index (χ1) is 20.8. The van der Waals surface area contributed by atoms with Crippen LogP contribution < -0.4 is 19.1 Å². The quantitative estimate of drug-likeness (QED) is 0.210. The Kier molecular flexibility index (Phi) is 12.6. The van der Waals surface area contributed by atoms with Crippen LogP contribution in [0.1, 0.15) is 32.8 Å². The Hall–Kier alpha value is -3.18. The monoisotopic (exact) mass is 683 g/mol. The van der Waals surface area contributed by atoms with Crippen molar-refractivity contribution in [3.63, 3.8) is 0 Å². The third-order valence-electron chi connectivity index (χ3n) is 6.74. The SMILES string of the molecule is CC[C@@H](C(=O)NCC(C)C)N(Cc1ccc(Cl)c(Cl)c1)C(=O)CN(c1ccc(Cl)cc1)S(=O)(=O)c1ccc(OC)c(OC)c1. The summed E-state index contributed by atoms with van der Waals surface area (Å²) in [5, 5.41) is 3.90. The molecular weight excluding hydrogens is 649 g/mol. The Labute approximate surface area is 274 Å². The molecule has 44 heavy (non-hydrogen) atoms. The molecule has 0 bridgehead atoms. The molecule has 0 saturated heterocycles. The van der Waals surface area contributed by atoms with Crippen molar-refractivity contribution in [3.8, 4) is 11.5 Å². The van der Waals surface area contributed by atoms with E-state index in [-0.39, 0.29) is 46.1 Å². The van der Waals surface area contributed by atoms with Crippen LogP contribution in [-0.2, 0) is 26.2 Å². The third-order valence-corrected chi connectivity index (χ3v) is 9.50. The Balaban J connectivity index is 2.10. The summed E-state index contributed by atoms with van der Waals surface area (Å²) in [6.45, 7) is 5.48. The van der Waals surface area contributed by atoms with Crippen LogP contribution in [0.25, 0.3) is 0 Å². The van der Waals surface area contributed by atoms with Gasteiger partial charge in [0.1, 0.15) is 12.6 Å². The molecule has 0 unspecified atom stereocenters. The van der Waals surface area contributed by atoms with E-state index in [9.17, 15) is 18.0 Å². The minimum atomic E-state index is -4.34. The van der Waals surface area contributed by atoms with Crippen LogP contribution in [0.2, 0.25) is 15.1 Å². The van der Waals surface area contributed by atoms with E-state index in [2.05, 4.69) is 5.32 Å². The van der Waals surface area contributed by atoms with Gasteiger partial charge in [-0.1, -0.05) is 61.6 Å². The fourth-order valence-electron chi connectivity index (χ4n) is 4.42. The van der Waals surface area contributed by atoms with Gasteiger partial charge in [0, 0.05) is 24.2 Å². The predicted octanol–water partition coefficient (Wildman–Crippen LogP) is 6.44. The first kappa shape index (κ1) is 35.3. The average Bonchev–Trinajstić information content (AvgIpc) is 3.00. The summed E-state index contributed by atoms with van der Waals surface area (Å²) in [6, 6.07) is 14.2. The Morgan fingerprint density at radius 3 is 2.11 bits per heavy atom. The molecule has 0 aromatic heterocycles. The van der Waals surface area contributed by atoms with Crippen molar-refractivity contribution in [1.82, 2.24) is 10.2 Å². The van der Waals surface area contributed by atoms with Crippen molar-refractivity contribution in [2.24, 2.45) is 5.92 Å². The van der Waals surface area contributed by atoms with Crippen LogP contribution in [0.4, 0.5) is 5.69 Å². The fraction of sp³-hybridized carbons (Fsp3) is 0.355.